The van der Waals surface area contributed by atoms with E-state index in [-0.39, 0.29) is 0 Å². The molecule has 0 aromatic rings. The average molecular weight is 185 g/mol. The molecule has 0 amide bonds. The van der Waals surface area contributed by atoms with Crippen LogP contribution in [0.15, 0.2) is 0 Å². The molecule has 1 saturated heterocycles. The van der Waals surface area contributed by atoms with E-state index in [1.54, 1.807) is 0 Å². The Morgan fingerprint density at radius 1 is 1.46 bits per heavy atom. The summed E-state index contributed by atoms with van der Waals surface area (Å²) in [5.74, 6) is 0.710. The van der Waals surface area contributed by atoms with Crippen LogP contribution in [0.4, 0.5) is 0 Å². The van der Waals surface area contributed by atoms with Gasteiger partial charge in [-0.15, -0.1) is 0 Å². The fourth-order valence-electron chi connectivity index (χ4n) is 2.02. The highest BCUT2D eigenvalue weighted by molar-refractivity contribution is 4.82. The minimum Gasteiger partial charge on any atom is -0.377 e. The summed E-state index contributed by atoms with van der Waals surface area (Å²) < 4.78 is 5.78. The molecule has 0 aromatic carbocycles. The molecule has 0 saturated carbocycles. The number of ether oxygens (including phenoxy) is 1. The first kappa shape index (κ1) is 11.0. The Morgan fingerprint density at radius 3 is 2.69 bits per heavy atom. The molecule has 2 heteroatoms. The minimum atomic E-state index is 0.406. The molecule has 78 valence electrons. The van der Waals surface area contributed by atoms with Crippen LogP contribution in [-0.2, 0) is 4.74 Å². The molecule has 0 spiro atoms. The van der Waals surface area contributed by atoms with Gasteiger partial charge in [-0.3, -0.25) is 0 Å². The second-order valence-electron chi connectivity index (χ2n) is 4.41. The van der Waals surface area contributed by atoms with Gasteiger partial charge in [0.25, 0.3) is 0 Å². The normalized spacial score (nSPS) is 36.2. The van der Waals surface area contributed by atoms with Gasteiger partial charge in [-0.1, -0.05) is 20.8 Å². The van der Waals surface area contributed by atoms with Crippen LogP contribution in [0.5, 0.6) is 0 Å². The average Bonchev–Trinajstić information content (AvgIpc) is 2.26. The highest BCUT2D eigenvalue weighted by Crippen LogP contribution is 2.15. The third kappa shape index (κ3) is 2.96. The molecular formula is C11H23NO. The van der Waals surface area contributed by atoms with Crippen molar-refractivity contribution in [2.45, 2.75) is 58.7 Å². The van der Waals surface area contributed by atoms with Gasteiger partial charge in [0, 0.05) is 18.7 Å². The van der Waals surface area contributed by atoms with Crippen molar-refractivity contribution in [3.63, 3.8) is 0 Å². The van der Waals surface area contributed by atoms with Crippen LogP contribution < -0.4 is 5.32 Å². The maximum absolute atomic E-state index is 5.78. The van der Waals surface area contributed by atoms with Crippen molar-refractivity contribution in [1.29, 1.82) is 0 Å². The van der Waals surface area contributed by atoms with Crippen molar-refractivity contribution in [1.82, 2.24) is 5.32 Å². The first-order chi connectivity index (χ1) is 6.15. The van der Waals surface area contributed by atoms with Gasteiger partial charge < -0.3 is 10.1 Å². The maximum atomic E-state index is 5.78. The van der Waals surface area contributed by atoms with Gasteiger partial charge in [0.05, 0.1) is 6.10 Å². The fourth-order valence-corrected chi connectivity index (χ4v) is 2.02. The van der Waals surface area contributed by atoms with Crippen LogP contribution in [0, 0.1) is 5.92 Å². The Kier molecular flexibility index (Phi) is 4.20. The largest absolute Gasteiger partial charge is 0.377 e. The Balaban J connectivity index is 2.50. The summed E-state index contributed by atoms with van der Waals surface area (Å²) in [6, 6.07) is 1.13. The van der Waals surface area contributed by atoms with Crippen LogP contribution in [0.25, 0.3) is 0 Å². The third-order valence-electron chi connectivity index (χ3n) is 3.00. The van der Waals surface area contributed by atoms with Gasteiger partial charge in [0.15, 0.2) is 0 Å². The van der Waals surface area contributed by atoms with Crippen LogP contribution in [0.1, 0.15) is 40.5 Å². The van der Waals surface area contributed by atoms with Crippen LogP contribution in [-0.4, -0.2) is 24.8 Å². The highest BCUT2D eigenvalue weighted by Gasteiger charge is 2.25. The smallest absolute Gasteiger partial charge is 0.0722 e. The van der Waals surface area contributed by atoms with Crippen molar-refractivity contribution in [3.05, 3.63) is 0 Å². The van der Waals surface area contributed by atoms with E-state index in [4.69, 9.17) is 4.74 Å². The zero-order valence-corrected chi connectivity index (χ0v) is 9.34. The molecule has 1 heterocycles. The highest BCUT2D eigenvalue weighted by atomic mass is 16.5. The monoisotopic (exact) mass is 185 g/mol. The van der Waals surface area contributed by atoms with Crippen LogP contribution >= 0.6 is 0 Å². The quantitative estimate of drug-likeness (QED) is 0.712. The molecule has 0 aromatic heterocycles. The van der Waals surface area contributed by atoms with E-state index >= 15 is 0 Å². The summed E-state index contributed by atoms with van der Waals surface area (Å²) in [4.78, 5) is 0. The lowest BCUT2D eigenvalue weighted by Crippen LogP contribution is -2.43. The van der Waals surface area contributed by atoms with Crippen molar-refractivity contribution < 1.29 is 4.74 Å². The van der Waals surface area contributed by atoms with Crippen molar-refractivity contribution >= 4 is 0 Å². The number of hydrogen-bond acceptors (Lipinski definition) is 2. The van der Waals surface area contributed by atoms with E-state index in [2.05, 4.69) is 33.0 Å². The molecule has 1 aliphatic rings. The van der Waals surface area contributed by atoms with E-state index in [9.17, 15) is 0 Å². The Labute approximate surface area is 82.0 Å². The van der Waals surface area contributed by atoms with E-state index in [0.717, 1.165) is 19.4 Å². The summed E-state index contributed by atoms with van der Waals surface area (Å²) in [7, 11) is 0. The van der Waals surface area contributed by atoms with E-state index in [1.165, 1.54) is 0 Å². The summed E-state index contributed by atoms with van der Waals surface area (Å²) in [6.45, 7) is 9.89. The molecule has 0 bridgehead atoms. The van der Waals surface area contributed by atoms with Gasteiger partial charge in [-0.2, -0.15) is 0 Å². The second kappa shape index (κ2) is 4.97. The molecule has 1 aliphatic heterocycles. The third-order valence-corrected chi connectivity index (χ3v) is 3.00. The number of rotatable bonds is 2. The standard InChI is InChI=1S/C11H23NO/c1-5-11-9(4)12-10(8(2)3)6-7-13-11/h8-12H,5-7H2,1-4H3. The molecule has 0 radical (unpaired) electrons. The van der Waals surface area contributed by atoms with Gasteiger partial charge in [-0.05, 0) is 25.7 Å². The zero-order valence-electron chi connectivity index (χ0n) is 9.34. The van der Waals surface area contributed by atoms with Gasteiger partial charge in [0.2, 0.25) is 0 Å². The van der Waals surface area contributed by atoms with E-state index in [0.29, 0.717) is 24.1 Å². The van der Waals surface area contributed by atoms with E-state index < -0.39 is 0 Å². The summed E-state index contributed by atoms with van der Waals surface area (Å²) in [5.41, 5.74) is 0. The summed E-state index contributed by atoms with van der Waals surface area (Å²) >= 11 is 0. The maximum Gasteiger partial charge on any atom is 0.0722 e. The number of nitrogens with one attached hydrogen (secondary N) is 1. The SMILES string of the molecule is CCC1OCCC(C(C)C)NC1C. The predicted octanol–water partition coefficient (Wildman–Crippen LogP) is 2.19. The molecule has 1 fully saturated rings. The first-order valence-corrected chi connectivity index (χ1v) is 5.52. The summed E-state index contributed by atoms with van der Waals surface area (Å²) in [5, 5.41) is 3.65. The van der Waals surface area contributed by atoms with Crippen LogP contribution in [0.2, 0.25) is 0 Å². The topological polar surface area (TPSA) is 21.3 Å². The lowest BCUT2D eigenvalue weighted by Gasteiger charge is -2.25. The Hall–Kier alpha value is -0.0800. The molecule has 0 aliphatic carbocycles. The van der Waals surface area contributed by atoms with Gasteiger partial charge in [0.1, 0.15) is 0 Å². The lowest BCUT2D eigenvalue weighted by atomic mass is 10.0. The van der Waals surface area contributed by atoms with Crippen molar-refractivity contribution in [3.8, 4) is 0 Å². The molecule has 3 unspecified atom stereocenters. The Morgan fingerprint density at radius 2 is 2.15 bits per heavy atom. The summed E-state index contributed by atoms with van der Waals surface area (Å²) in [6.07, 6.45) is 2.67. The zero-order chi connectivity index (χ0) is 9.84. The molecule has 1 rings (SSSR count). The molecule has 2 nitrogen and oxygen atoms in total. The predicted molar refractivity (Wildman–Crippen MR) is 55.9 cm³/mol. The number of hydrogen-bond donors (Lipinski definition) is 1. The minimum absolute atomic E-state index is 0.406. The molecule has 1 N–H and O–H groups in total. The van der Waals surface area contributed by atoms with Crippen LogP contribution in [0.3, 0.4) is 0 Å². The first-order valence-electron chi connectivity index (χ1n) is 5.52. The molecule has 3 atom stereocenters. The van der Waals surface area contributed by atoms with Crippen molar-refractivity contribution in [2.75, 3.05) is 6.61 Å². The van der Waals surface area contributed by atoms with E-state index in [1.807, 2.05) is 0 Å². The van der Waals surface area contributed by atoms with Gasteiger partial charge >= 0.3 is 0 Å². The lowest BCUT2D eigenvalue weighted by molar-refractivity contribution is 0.0444. The Bertz CT molecular complexity index is 147. The second-order valence-corrected chi connectivity index (χ2v) is 4.41. The molecular weight excluding hydrogens is 162 g/mol. The molecule has 13 heavy (non-hydrogen) atoms. The van der Waals surface area contributed by atoms with Crippen molar-refractivity contribution in [2.24, 2.45) is 5.92 Å². The van der Waals surface area contributed by atoms with Gasteiger partial charge in [-0.25, -0.2) is 0 Å². The fraction of sp³-hybridized carbons (Fsp3) is 1.00.